The van der Waals surface area contributed by atoms with Crippen LogP contribution in [0.25, 0.3) is 0 Å². The fourth-order valence-electron chi connectivity index (χ4n) is 2.57. The minimum Gasteiger partial charge on any atom is -0.317 e. The van der Waals surface area contributed by atoms with Crippen LogP contribution in [0.5, 0.6) is 0 Å². The van der Waals surface area contributed by atoms with Crippen LogP contribution in [0.15, 0.2) is 24.3 Å². The Bertz CT molecular complexity index is 479. The second-order valence-corrected chi connectivity index (χ2v) is 4.99. The van der Waals surface area contributed by atoms with Crippen LogP contribution < -0.4 is 5.32 Å². The van der Waals surface area contributed by atoms with Crippen molar-refractivity contribution in [1.29, 1.82) is 0 Å². The van der Waals surface area contributed by atoms with Crippen LogP contribution in [0, 0.1) is 6.92 Å². The van der Waals surface area contributed by atoms with Crippen molar-refractivity contribution in [2.24, 2.45) is 0 Å². The van der Waals surface area contributed by atoms with Gasteiger partial charge in [0, 0.05) is 18.5 Å². The minimum atomic E-state index is -0.169. The van der Waals surface area contributed by atoms with E-state index in [4.69, 9.17) is 0 Å². The van der Waals surface area contributed by atoms with Gasteiger partial charge in [-0.15, -0.1) is 0 Å². The third-order valence-corrected chi connectivity index (χ3v) is 3.61. The number of benzene rings is 1. The average molecular weight is 260 g/mol. The van der Waals surface area contributed by atoms with Gasteiger partial charge in [0.2, 0.25) is 5.91 Å². The van der Waals surface area contributed by atoms with E-state index in [9.17, 15) is 9.59 Å². The number of carbonyl (C=O) groups excluding carboxylic acids is 2. The molecule has 2 amide bonds. The molecular weight excluding hydrogens is 240 g/mol. The number of aryl methyl sites for hydroxylation is 1. The minimum absolute atomic E-state index is 0.0193. The van der Waals surface area contributed by atoms with Crippen molar-refractivity contribution in [3.63, 3.8) is 0 Å². The van der Waals surface area contributed by atoms with Gasteiger partial charge in [0.15, 0.2) is 0 Å². The van der Waals surface area contributed by atoms with Gasteiger partial charge >= 0.3 is 0 Å². The molecule has 102 valence electrons. The van der Waals surface area contributed by atoms with Crippen LogP contribution in [0.4, 0.5) is 0 Å². The quantitative estimate of drug-likeness (QED) is 0.881. The number of piperidine rings is 1. The molecular formula is C15H20N2O2. The fourth-order valence-corrected chi connectivity index (χ4v) is 2.57. The fraction of sp³-hybridized carbons (Fsp3) is 0.467. The zero-order valence-electron chi connectivity index (χ0n) is 11.5. The predicted molar refractivity (Wildman–Crippen MR) is 73.9 cm³/mol. The lowest BCUT2D eigenvalue weighted by Gasteiger charge is -2.32. The van der Waals surface area contributed by atoms with Gasteiger partial charge in [-0.1, -0.05) is 18.2 Å². The van der Waals surface area contributed by atoms with Crippen LogP contribution in [-0.2, 0) is 4.79 Å². The highest BCUT2D eigenvalue weighted by atomic mass is 16.2. The number of hydrogen-bond donors (Lipinski definition) is 1. The summed E-state index contributed by atoms with van der Waals surface area (Å²) in [6.45, 7) is 5.08. The van der Waals surface area contributed by atoms with E-state index < -0.39 is 0 Å². The number of hydrogen-bond acceptors (Lipinski definition) is 3. The molecule has 1 aromatic rings. The Morgan fingerprint density at radius 1 is 1.21 bits per heavy atom. The Morgan fingerprint density at radius 3 is 2.42 bits per heavy atom. The van der Waals surface area contributed by atoms with Crippen LogP contribution in [-0.4, -0.2) is 35.8 Å². The molecule has 1 aromatic carbocycles. The van der Waals surface area contributed by atoms with Crippen molar-refractivity contribution >= 4 is 11.8 Å². The highest BCUT2D eigenvalue weighted by molar-refractivity contribution is 6.05. The van der Waals surface area contributed by atoms with Crippen LogP contribution in [0.1, 0.15) is 35.7 Å². The summed E-state index contributed by atoms with van der Waals surface area (Å²) in [5.74, 6) is -0.336. The normalized spacial score (nSPS) is 16.1. The van der Waals surface area contributed by atoms with Crippen molar-refractivity contribution in [2.45, 2.75) is 32.7 Å². The molecule has 0 saturated carbocycles. The molecule has 4 heteroatoms. The smallest absolute Gasteiger partial charge is 0.260 e. The molecule has 1 heterocycles. The van der Waals surface area contributed by atoms with Gasteiger partial charge in [0.05, 0.1) is 0 Å². The monoisotopic (exact) mass is 260 g/mol. The molecule has 0 atom stereocenters. The van der Waals surface area contributed by atoms with E-state index in [0.29, 0.717) is 5.56 Å². The molecule has 0 radical (unpaired) electrons. The van der Waals surface area contributed by atoms with Crippen LogP contribution in [0.2, 0.25) is 0 Å². The lowest BCUT2D eigenvalue weighted by molar-refractivity contribution is -0.128. The largest absolute Gasteiger partial charge is 0.317 e. The van der Waals surface area contributed by atoms with E-state index in [0.717, 1.165) is 31.5 Å². The van der Waals surface area contributed by atoms with Gasteiger partial charge in [-0.05, 0) is 44.5 Å². The molecule has 0 aliphatic carbocycles. The number of rotatable bonds is 2. The first kappa shape index (κ1) is 13.7. The predicted octanol–water partition coefficient (Wildman–Crippen LogP) is 1.74. The van der Waals surface area contributed by atoms with Gasteiger partial charge in [0.25, 0.3) is 5.91 Å². The van der Waals surface area contributed by atoms with E-state index in [1.54, 1.807) is 6.07 Å². The molecule has 0 unspecified atom stereocenters. The maximum atomic E-state index is 12.6. The third kappa shape index (κ3) is 3.01. The Hall–Kier alpha value is -1.68. The molecule has 0 bridgehead atoms. The number of amides is 2. The molecule has 2 rings (SSSR count). The van der Waals surface area contributed by atoms with Crippen molar-refractivity contribution in [1.82, 2.24) is 10.2 Å². The summed E-state index contributed by atoms with van der Waals surface area (Å²) < 4.78 is 0. The van der Waals surface area contributed by atoms with Crippen molar-refractivity contribution in [2.75, 3.05) is 13.1 Å². The number of imide groups is 1. The first-order valence-corrected chi connectivity index (χ1v) is 6.71. The molecule has 19 heavy (non-hydrogen) atoms. The zero-order valence-corrected chi connectivity index (χ0v) is 11.5. The highest BCUT2D eigenvalue weighted by Gasteiger charge is 2.29. The van der Waals surface area contributed by atoms with Crippen molar-refractivity contribution in [3.05, 3.63) is 35.4 Å². The molecule has 0 aromatic heterocycles. The van der Waals surface area contributed by atoms with Crippen LogP contribution in [0.3, 0.4) is 0 Å². The van der Waals surface area contributed by atoms with E-state index in [-0.39, 0.29) is 17.9 Å². The molecule has 1 fully saturated rings. The van der Waals surface area contributed by atoms with Gasteiger partial charge in [0.1, 0.15) is 0 Å². The number of nitrogens with zero attached hydrogens (tertiary/aromatic N) is 1. The van der Waals surface area contributed by atoms with Crippen molar-refractivity contribution in [3.8, 4) is 0 Å². The summed E-state index contributed by atoms with van der Waals surface area (Å²) in [5, 5.41) is 3.25. The van der Waals surface area contributed by atoms with Crippen LogP contribution >= 0.6 is 0 Å². The average Bonchev–Trinajstić information content (AvgIpc) is 2.40. The lowest BCUT2D eigenvalue weighted by atomic mass is 10.0. The highest BCUT2D eigenvalue weighted by Crippen LogP contribution is 2.18. The van der Waals surface area contributed by atoms with E-state index in [1.165, 1.54) is 11.8 Å². The van der Waals surface area contributed by atoms with E-state index >= 15 is 0 Å². The Balaban J connectivity index is 2.26. The first-order chi connectivity index (χ1) is 9.11. The molecule has 1 aliphatic rings. The Kier molecular flexibility index (Phi) is 4.32. The third-order valence-electron chi connectivity index (χ3n) is 3.61. The zero-order chi connectivity index (χ0) is 13.8. The topological polar surface area (TPSA) is 49.4 Å². The van der Waals surface area contributed by atoms with Gasteiger partial charge in [-0.2, -0.15) is 0 Å². The van der Waals surface area contributed by atoms with Gasteiger partial charge in [-0.3, -0.25) is 14.5 Å². The second-order valence-electron chi connectivity index (χ2n) is 4.99. The van der Waals surface area contributed by atoms with E-state index in [1.807, 2.05) is 25.1 Å². The maximum absolute atomic E-state index is 12.6. The maximum Gasteiger partial charge on any atom is 0.260 e. The summed E-state index contributed by atoms with van der Waals surface area (Å²) in [5.41, 5.74) is 1.53. The standard InChI is InChI=1S/C15H20N2O2/c1-11-5-3-4-6-14(11)15(19)17(12(2)18)13-7-9-16-10-8-13/h3-6,13,16H,7-10H2,1-2H3. The Morgan fingerprint density at radius 2 is 1.84 bits per heavy atom. The summed E-state index contributed by atoms with van der Waals surface area (Å²) in [7, 11) is 0. The molecule has 1 N–H and O–H groups in total. The molecule has 1 saturated heterocycles. The van der Waals surface area contributed by atoms with Gasteiger partial charge in [-0.25, -0.2) is 0 Å². The summed E-state index contributed by atoms with van der Waals surface area (Å²) in [6, 6.07) is 7.43. The van der Waals surface area contributed by atoms with E-state index in [2.05, 4.69) is 5.32 Å². The Labute approximate surface area is 113 Å². The second kappa shape index (κ2) is 5.97. The summed E-state index contributed by atoms with van der Waals surface area (Å²) in [6.07, 6.45) is 1.66. The lowest BCUT2D eigenvalue weighted by Crippen LogP contribution is -2.48. The number of nitrogens with one attached hydrogen (secondary N) is 1. The molecule has 1 aliphatic heterocycles. The van der Waals surface area contributed by atoms with Gasteiger partial charge < -0.3 is 5.32 Å². The summed E-state index contributed by atoms with van der Waals surface area (Å²) in [4.78, 5) is 25.9. The molecule has 0 spiro atoms. The number of carbonyl (C=O) groups is 2. The van der Waals surface area contributed by atoms with Crippen molar-refractivity contribution < 1.29 is 9.59 Å². The SMILES string of the molecule is CC(=O)N(C(=O)c1ccccc1C)C1CCNCC1. The molecule has 4 nitrogen and oxygen atoms in total. The first-order valence-electron chi connectivity index (χ1n) is 6.71. The summed E-state index contributed by atoms with van der Waals surface area (Å²) >= 11 is 0.